The molecule has 1 aromatic carbocycles. The van der Waals surface area contributed by atoms with Crippen LogP contribution in [0.2, 0.25) is 0 Å². The fraction of sp³-hybridized carbons (Fsp3) is 0.571. The quantitative estimate of drug-likeness (QED) is 0.737. The molecule has 0 amide bonds. The lowest BCUT2D eigenvalue weighted by atomic mass is 10.1. The van der Waals surface area contributed by atoms with Crippen LogP contribution in [0.4, 0.5) is 5.69 Å². The Hall–Kier alpha value is -0.740. The van der Waals surface area contributed by atoms with Gasteiger partial charge in [0.1, 0.15) is 5.75 Å². The van der Waals surface area contributed by atoms with Crippen molar-refractivity contribution in [2.24, 2.45) is 5.92 Å². The molecule has 0 unspecified atom stereocenters. The maximum Gasteiger partial charge on any atom is 0.122 e. The number of rotatable bonds is 8. The molecule has 0 aromatic heterocycles. The van der Waals surface area contributed by atoms with Crippen LogP contribution in [0.1, 0.15) is 20.3 Å². The zero-order chi connectivity index (χ0) is 13.4. The maximum atomic E-state index is 5.55. The first kappa shape index (κ1) is 15.3. The molecule has 0 saturated heterocycles. The van der Waals surface area contributed by atoms with Crippen LogP contribution >= 0.6 is 15.9 Å². The molecule has 3 nitrogen and oxygen atoms in total. The third-order valence-electron chi connectivity index (χ3n) is 2.52. The number of methoxy groups -OCH3 is 1. The zero-order valence-electron chi connectivity index (χ0n) is 11.3. The van der Waals surface area contributed by atoms with Crippen molar-refractivity contribution in [3.63, 3.8) is 0 Å². The first-order valence-corrected chi connectivity index (χ1v) is 7.07. The highest BCUT2D eigenvalue weighted by atomic mass is 79.9. The molecule has 0 fully saturated rings. The first-order valence-electron chi connectivity index (χ1n) is 6.28. The minimum absolute atomic E-state index is 0.701. The fourth-order valence-corrected chi connectivity index (χ4v) is 1.94. The Labute approximate surface area is 118 Å². The molecule has 1 aromatic rings. The van der Waals surface area contributed by atoms with Crippen LogP contribution in [-0.4, -0.2) is 26.9 Å². The molecule has 0 saturated carbocycles. The Morgan fingerprint density at radius 3 is 2.67 bits per heavy atom. The van der Waals surface area contributed by atoms with Crippen LogP contribution in [0.15, 0.2) is 22.7 Å². The van der Waals surface area contributed by atoms with Gasteiger partial charge in [-0.3, -0.25) is 0 Å². The van der Waals surface area contributed by atoms with Gasteiger partial charge in [-0.25, -0.2) is 0 Å². The summed E-state index contributed by atoms with van der Waals surface area (Å²) in [4.78, 5) is 0. The lowest BCUT2D eigenvalue weighted by Gasteiger charge is -2.10. The topological polar surface area (TPSA) is 30.5 Å². The molecule has 0 radical (unpaired) electrons. The molecule has 4 heteroatoms. The Bertz CT molecular complexity index is 356. The molecule has 0 aliphatic heterocycles. The number of hydrogen-bond donors (Lipinski definition) is 1. The predicted octanol–water partition coefficient (Wildman–Crippen LogP) is 3.93. The third-order valence-corrected chi connectivity index (χ3v) is 2.98. The number of anilines is 1. The molecule has 1 rings (SSSR count). The SMILES string of the molecule is COc1cc(Br)cc(NCCOCCC(C)C)c1. The minimum Gasteiger partial charge on any atom is -0.497 e. The lowest BCUT2D eigenvalue weighted by Crippen LogP contribution is -2.10. The highest BCUT2D eigenvalue weighted by molar-refractivity contribution is 9.10. The van der Waals surface area contributed by atoms with Crippen LogP contribution in [0.25, 0.3) is 0 Å². The van der Waals surface area contributed by atoms with E-state index >= 15 is 0 Å². The number of hydrogen-bond acceptors (Lipinski definition) is 3. The van der Waals surface area contributed by atoms with Gasteiger partial charge in [0.2, 0.25) is 0 Å². The van der Waals surface area contributed by atoms with E-state index in [-0.39, 0.29) is 0 Å². The average molecular weight is 316 g/mol. The normalized spacial score (nSPS) is 10.7. The van der Waals surface area contributed by atoms with Gasteiger partial charge < -0.3 is 14.8 Å². The van der Waals surface area contributed by atoms with E-state index < -0.39 is 0 Å². The average Bonchev–Trinajstić information content (AvgIpc) is 2.32. The minimum atomic E-state index is 0.701. The van der Waals surface area contributed by atoms with Crippen molar-refractivity contribution < 1.29 is 9.47 Å². The van der Waals surface area contributed by atoms with Gasteiger partial charge in [-0.2, -0.15) is 0 Å². The molecule has 1 N–H and O–H groups in total. The summed E-state index contributed by atoms with van der Waals surface area (Å²) in [5, 5.41) is 3.31. The van der Waals surface area contributed by atoms with Gasteiger partial charge in [-0.1, -0.05) is 29.8 Å². The maximum absolute atomic E-state index is 5.55. The molecular formula is C14H22BrNO2. The molecule has 0 aliphatic carbocycles. The first-order chi connectivity index (χ1) is 8.61. The Kier molecular flexibility index (Phi) is 7.13. The van der Waals surface area contributed by atoms with E-state index in [2.05, 4.69) is 35.1 Å². The highest BCUT2D eigenvalue weighted by Crippen LogP contribution is 2.24. The van der Waals surface area contributed by atoms with Crippen molar-refractivity contribution in [2.75, 3.05) is 32.2 Å². The summed E-state index contributed by atoms with van der Waals surface area (Å²) in [5.74, 6) is 1.54. The van der Waals surface area contributed by atoms with Crippen LogP contribution in [-0.2, 0) is 4.74 Å². The van der Waals surface area contributed by atoms with Crippen molar-refractivity contribution in [1.82, 2.24) is 0 Å². The van der Waals surface area contributed by atoms with Crippen molar-refractivity contribution in [3.05, 3.63) is 22.7 Å². The Balaban J connectivity index is 2.24. The Morgan fingerprint density at radius 2 is 2.00 bits per heavy atom. The van der Waals surface area contributed by atoms with Gasteiger partial charge in [0.25, 0.3) is 0 Å². The Morgan fingerprint density at radius 1 is 1.22 bits per heavy atom. The summed E-state index contributed by atoms with van der Waals surface area (Å²) in [6, 6.07) is 5.93. The van der Waals surface area contributed by atoms with Gasteiger partial charge in [0.15, 0.2) is 0 Å². The van der Waals surface area contributed by atoms with E-state index in [0.29, 0.717) is 5.92 Å². The third kappa shape index (κ3) is 6.26. The molecule has 18 heavy (non-hydrogen) atoms. The molecule has 0 atom stereocenters. The van der Waals surface area contributed by atoms with Gasteiger partial charge in [-0.15, -0.1) is 0 Å². The van der Waals surface area contributed by atoms with Crippen molar-refractivity contribution in [2.45, 2.75) is 20.3 Å². The standard InChI is InChI=1S/C14H22BrNO2/c1-11(2)4-6-18-7-5-16-13-8-12(15)9-14(10-13)17-3/h8-11,16H,4-7H2,1-3H3. The van der Waals surface area contributed by atoms with E-state index in [9.17, 15) is 0 Å². The van der Waals surface area contributed by atoms with Gasteiger partial charge in [-0.05, 0) is 24.5 Å². The molecule has 0 spiro atoms. The second kappa shape index (κ2) is 8.38. The summed E-state index contributed by atoms with van der Waals surface area (Å²) in [7, 11) is 1.67. The van der Waals surface area contributed by atoms with E-state index in [1.54, 1.807) is 7.11 Å². The van der Waals surface area contributed by atoms with Crippen LogP contribution in [0, 0.1) is 5.92 Å². The summed E-state index contributed by atoms with van der Waals surface area (Å²) in [6.07, 6.45) is 1.12. The number of halogens is 1. The van der Waals surface area contributed by atoms with Crippen LogP contribution in [0.3, 0.4) is 0 Å². The number of nitrogens with one attached hydrogen (secondary N) is 1. The van der Waals surface area contributed by atoms with Crippen LogP contribution < -0.4 is 10.1 Å². The second-order valence-corrected chi connectivity index (χ2v) is 5.52. The molecule has 102 valence electrons. The lowest BCUT2D eigenvalue weighted by molar-refractivity contribution is 0.132. The van der Waals surface area contributed by atoms with E-state index in [1.807, 2.05) is 18.2 Å². The molecule has 0 heterocycles. The summed E-state index contributed by atoms with van der Waals surface area (Å²) >= 11 is 3.45. The zero-order valence-corrected chi connectivity index (χ0v) is 12.9. The van der Waals surface area contributed by atoms with E-state index in [0.717, 1.165) is 42.1 Å². The molecule has 0 aliphatic rings. The number of ether oxygens (including phenoxy) is 2. The van der Waals surface area contributed by atoms with Crippen molar-refractivity contribution in [1.29, 1.82) is 0 Å². The van der Waals surface area contributed by atoms with Gasteiger partial charge >= 0.3 is 0 Å². The predicted molar refractivity (Wildman–Crippen MR) is 79.5 cm³/mol. The van der Waals surface area contributed by atoms with Gasteiger partial charge in [0.05, 0.1) is 13.7 Å². The van der Waals surface area contributed by atoms with Crippen LogP contribution in [0.5, 0.6) is 5.75 Å². The van der Waals surface area contributed by atoms with Crippen molar-refractivity contribution in [3.8, 4) is 5.75 Å². The van der Waals surface area contributed by atoms with E-state index in [1.165, 1.54) is 0 Å². The summed E-state index contributed by atoms with van der Waals surface area (Å²) < 4.78 is 11.8. The molecular weight excluding hydrogens is 294 g/mol. The second-order valence-electron chi connectivity index (χ2n) is 4.60. The molecule has 0 bridgehead atoms. The van der Waals surface area contributed by atoms with E-state index in [4.69, 9.17) is 9.47 Å². The highest BCUT2D eigenvalue weighted by Gasteiger charge is 1.99. The summed E-state index contributed by atoms with van der Waals surface area (Å²) in [5.41, 5.74) is 1.04. The van der Waals surface area contributed by atoms with Crippen molar-refractivity contribution >= 4 is 21.6 Å². The van der Waals surface area contributed by atoms with Gasteiger partial charge in [0, 0.05) is 29.4 Å². The monoisotopic (exact) mass is 315 g/mol. The summed E-state index contributed by atoms with van der Waals surface area (Å²) in [6.45, 7) is 6.77. The largest absolute Gasteiger partial charge is 0.497 e. The smallest absolute Gasteiger partial charge is 0.122 e. The fourth-order valence-electron chi connectivity index (χ4n) is 1.47. The number of benzene rings is 1.